The van der Waals surface area contributed by atoms with Gasteiger partial charge in [-0.25, -0.2) is 0 Å². The number of hydrogen-bond acceptors (Lipinski definition) is 4. The molecule has 0 aromatic heterocycles. The van der Waals surface area contributed by atoms with Crippen molar-refractivity contribution in [2.45, 2.75) is 25.3 Å². The lowest BCUT2D eigenvalue weighted by atomic mass is 10.0. The zero-order valence-corrected chi connectivity index (χ0v) is 10.6. The maximum atomic E-state index is 11.0. The first-order valence-corrected chi connectivity index (χ1v) is 6.31. The van der Waals surface area contributed by atoms with Crippen LogP contribution >= 0.6 is 11.6 Å². The van der Waals surface area contributed by atoms with Gasteiger partial charge in [0.25, 0.3) is 5.69 Å². The monoisotopic (exact) mass is 270 g/mol. The number of anilines is 1. The predicted molar refractivity (Wildman–Crippen MR) is 69.9 cm³/mol. The summed E-state index contributed by atoms with van der Waals surface area (Å²) in [5.41, 5.74) is 0.334. The predicted octanol–water partition coefficient (Wildman–Crippen LogP) is 2.82. The lowest BCUT2D eigenvalue weighted by Gasteiger charge is -2.20. The molecule has 5 nitrogen and oxygen atoms in total. The number of nitrogens with zero attached hydrogens (tertiary/aromatic N) is 1. The SMILES string of the molecule is O=[N+]([O-])c1cccc(Cl)c1NC1CCCC1CO. The number of rotatable bonds is 4. The number of nitro groups is 1. The Morgan fingerprint density at radius 3 is 2.94 bits per heavy atom. The summed E-state index contributed by atoms with van der Waals surface area (Å²) in [6, 6.07) is 4.66. The van der Waals surface area contributed by atoms with Gasteiger partial charge >= 0.3 is 0 Å². The molecule has 2 atom stereocenters. The van der Waals surface area contributed by atoms with Crippen molar-refractivity contribution in [2.24, 2.45) is 5.92 Å². The number of aliphatic hydroxyl groups excluding tert-OH is 1. The molecule has 1 aliphatic rings. The second kappa shape index (κ2) is 5.54. The Balaban J connectivity index is 2.25. The van der Waals surface area contributed by atoms with E-state index in [1.807, 2.05) is 0 Å². The number of nitro benzene ring substituents is 1. The fraction of sp³-hybridized carbons (Fsp3) is 0.500. The molecular weight excluding hydrogens is 256 g/mol. The summed E-state index contributed by atoms with van der Waals surface area (Å²) in [5.74, 6) is 0.140. The van der Waals surface area contributed by atoms with Gasteiger partial charge in [-0.05, 0) is 18.9 Å². The first-order valence-electron chi connectivity index (χ1n) is 5.93. The molecule has 2 unspecified atom stereocenters. The molecule has 0 bridgehead atoms. The Labute approximate surface area is 110 Å². The molecule has 0 amide bonds. The lowest BCUT2D eigenvalue weighted by Crippen LogP contribution is -2.26. The summed E-state index contributed by atoms with van der Waals surface area (Å²) in [6.45, 7) is 0.0932. The molecule has 1 aromatic carbocycles. The van der Waals surface area contributed by atoms with Crippen LogP contribution in [-0.2, 0) is 0 Å². The molecule has 0 saturated heterocycles. The maximum Gasteiger partial charge on any atom is 0.293 e. The van der Waals surface area contributed by atoms with Crippen LogP contribution in [0.1, 0.15) is 19.3 Å². The Morgan fingerprint density at radius 1 is 1.50 bits per heavy atom. The molecular formula is C12H15ClN2O3. The van der Waals surface area contributed by atoms with Crippen molar-refractivity contribution < 1.29 is 10.0 Å². The van der Waals surface area contributed by atoms with Gasteiger partial charge in [-0.3, -0.25) is 10.1 Å². The third-order valence-electron chi connectivity index (χ3n) is 3.41. The lowest BCUT2D eigenvalue weighted by molar-refractivity contribution is -0.384. The van der Waals surface area contributed by atoms with E-state index in [1.54, 1.807) is 12.1 Å². The summed E-state index contributed by atoms with van der Waals surface area (Å²) < 4.78 is 0. The third-order valence-corrected chi connectivity index (χ3v) is 3.73. The molecule has 18 heavy (non-hydrogen) atoms. The van der Waals surface area contributed by atoms with Crippen LogP contribution in [-0.4, -0.2) is 22.7 Å². The molecule has 0 radical (unpaired) electrons. The highest BCUT2D eigenvalue weighted by Crippen LogP contribution is 2.36. The Hall–Kier alpha value is -1.33. The molecule has 2 N–H and O–H groups in total. The number of benzene rings is 1. The topological polar surface area (TPSA) is 75.4 Å². The van der Waals surface area contributed by atoms with Crippen LogP contribution in [0, 0.1) is 16.0 Å². The third kappa shape index (κ3) is 2.57. The van der Waals surface area contributed by atoms with Gasteiger partial charge in [-0.15, -0.1) is 0 Å². The van der Waals surface area contributed by atoms with Gasteiger partial charge in [0.05, 0.1) is 9.95 Å². The molecule has 98 valence electrons. The van der Waals surface area contributed by atoms with Gasteiger partial charge in [0, 0.05) is 24.6 Å². The van der Waals surface area contributed by atoms with Crippen LogP contribution in [0.5, 0.6) is 0 Å². The molecule has 0 spiro atoms. The summed E-state index contributed by atoms with van der Waals surface area (Å²) in [6.07, 6.45) is 2.85. The van der Waals surface area contributed by atoms with Crippen molar-refractivity contribution in [3.8, 4) is 0 Å². The second-order valence-corrected chi connectivity index (χ2v) is 4.92. The largest absolute Gasteiger partial charge is 0.396 e. The van der Waals surface area contributed by atoms with Gasteiger partial charge in [-0.2, -0.15) is 0 Å². The Morgan fingerprint density at radius 2 is 2.28 bits per heavy atom. The first-order chi connectivity index (χ1) is 8.63. The standard InChI is InChI=1S/C12H15ClN2O3/c13-9-4-2-6-11(15(17)18)12(9)14-10-5-1-3-8(10)7-16/h2,4,6,8,10,14,16H,1,3,5,7H2. The normalized spacial score (nSPS) is 23.0. The van der Waals surface area contributed by atoms with Crippen molar-refractivity contribution in [3.05, 3.63) is 33.3 Å². The van der Waals surface area contributed by atoms with Crippen molar-refractivity contribution in [2.75, 3.05) is 11.9 Å². The van der Waals surface area contributed by atoms with Crippen molar-refractivity contribution in [1.29, 1.82) is 0 Å². The van der Waals surface area contributed by atoms with E-state index >= 15 is 0 Å². The van der Waals surface area contributed by atoms with Crippen LogP contribution < -0.4 is 5.32 Å². The number of aliphatic hydroxyl groups is 1. The number of halogens is 1. The highest BCUT2D eigenvalue weighted by molar-refractivity contribution is 6.33. The highest BCUT2D eigenvalue weighted by atomic mass is 35.5. The number of hydrogen-bond donors (Lipinski definition) is 2. The minimum Gasteiger partial charge on any atom is -0.396 e. The summed E-state index contributed by atoms with van der Waals surface area (Å²) in [4.78, 5) is 10.5. The van der Waals surface area contributed by atoms with Gasteiger partial charge in [0.1, 0.15) is 5.69 Å². The molecule has 1 saturated carbocycles. The van der Waals surface area contributed by atoms with E-state index in [-0.39, 0.29) is 24.3 Å². The van der Waals surface area contributed by atoms with Crippen molar-refractivity contribution in [3.63, 3.8) is 0 Å². The second-order valence-electron chi connectivity index (χ2n) is 4.52. The smallest absolute Gasteiger partial charge is 0.293 e. The summed E-state index contributed by atoms with van der Waals surface area (Å²) in [5, 5.41) is 23.7. The molecule has 6 heteroatoms. The fourth-order valence-corrected chi connectivity index (χ4v) is 2.66. The molecule has 0 heterocycles. The minimum atomic E-state index is -0.447. The van der Waals surface area contributed by atoms with Crippen LogP contribution in [0.15, 0.2) is 18.2 Å². The molecule has 2 rings (SSSR count). The van der Waals surface area contributed by atoms with Crippen LogP contribution in [0.2, 0.25) is 5.02 Å². The minimum absolute atomic E-state index is 0.0221. The Bertz CT molecular complexity index is 453. The molecule has 1 aliphatic carbocycles. The van der Waals surface area contributed by atoms with E-state index < -0.39 is 4.92 Å². The quantitative estimate of drug-likeness (QED) is 0.652. The van der Waals surface area contributed by atoms with E-state index in [0.717, 1.165) is 19.3 Å². The average Bonchev–Trinajstić information content (AvgIpc) is 2.78. The van der Waals surface area contributed by atoms with Gasteiger partial charge in [0.15, 0.2) is 0 Å². The van der Waals surface area contributed by atoms with Gasteiger partial charge in [-0.1, -0.05) is 24.1 Å². The van der Waals surface area contributed by atoms with E-state index in [2.05, 4.69) is 5.32 Å². The van der Waals surface area contributed by atoms with E-state index in [4.69, 9.17) is 11.6 Å². The van der Waals surface area contributed by atoms with Crippen molar-refractivity contribution >= 4 is 23.0 Å². The van der Waals surface area contributed by atoms with Crippen LogP contribution in [0.4, 0.5) is 11.4 Å². The van der Waals surface area contributed by atoms with Gasteiger partial charge in [0.2, 0.25) is 0 Å². The number of nitrogens with one attached hydrogen (secondary N) is 1. The van der Waals surface area contributed by atoms with E-state index in [9.17, 15) is 15.2 Å². The summed E-state index contributed by atoms with van der Waals surface area (Å²) in [7, 11) is 0. The van der Waals surface area contributed by atoms with Crippen LogP contribution in [0.25, 0.3) is 0 Å². The first kappa shape index (κ1) is 13.1. The van der Waals surface area contributed by atoms with Gasteiger partial charge < -0.3 is 10.4 Å². The molecule has 1 aromatic rings. The fourth-order valence-electron chi connectivity index (χ4n) is 2.44. The molecule has 0 aliphatic heterocycles. The van der Waals surface area contributed by atoms with E-state index in [0.29, 0.717) is 10.7 Å². The zero-order valence-electron chi connectivity index (χ0n) is 9.80. The number of para-hydroxylation sites is 1. The zero-order chi connectivity index (χ0) is 13.1. The van der Waals surface area contributed by atoms with Crippen molar-refractivity contribution in [1.82, 2.24) is 0 Å². The maximum absolute atomic E-state index is 11.0. The average molecular weight is 271 g/mol. The Kier molecular flexibility index (Phi) is 4.04. The van der Waals surface area contributed by atoms with E-state index in [1.165, 1.54) is 6.07 Å². The summed E-state index contributed by atoms with van der Waals surface area (Å²) >= 11 is 6.01. The highest BCUT2D eigenvalue weighted by Gasteiger charge is 2.29. The molecule has 1 fully saturated rings. The van der Waals surface area contributed by atoms with Crippen LogP contribution in [0.3, 0.4) is 0 Å².